The normalized spacial score (nSPS) is 12.4. The lowest BCUT2D eigenvalue weighted by molar-refractivity contribution is -0.141. The summed E-state index contributed by atoms with van der Waals surface area (Å²) in [4.78, 5) is 11.2. The SMILES string of the molecule is CCC(=O)[C@H](C)OCOCc1ccccc1. The molecule has 0 aliphatic heterocycles. The van der Waals surface area contributed by atoms with Crippen LogP contribution in [0.2, 0.25) is 0 Å². The van der Waals surface area contributed by atoms with Gasteiger partial charge in [0.1, 0.15) is 12.9 Å². The van der Waals surface area contributed by atoms with Crippen molar-refractivity contribution in [2.45, 2.75) is 33.0 Å². The topological polar surface area (TPSA) is 35.5 Å². The molecule has 0 heterocycles. The molecule has 0 saturated carbocycles. The van der Waals surface area contributed by atoms with Crippen molar-refractivity contribution in [2.75, 3.05) is 6.79 Å². The van der Waals surface area contributed by atoms with E-state index < -0.39 is 0 Å². The summed E-state index contributed by atoms with van der Waals surface area (Å²) in [6.45, 7) is 4.24. The number of carbonyl (C=O) groups is 1. The maximum atomic E-state index is 11.2. The van der Waals surface area contributed by atoms with Crippen molar-refractivity contribution < 1.29 is 14.3 Å². The number of hydrogen-bond acceptors (Lipinski definition) is 3. The Morgan fingerprint density at radius 2 is 2.00 bits per heavy atom. The lowest BCUT2D eigenvalue weighted by Crippen LogP contribution is -2.21. The summed E-state index contributed by atoms with van der Waals surface area (Å²) in [5.41, 5.74) is 1.10. The average Bonchev–Trinajstić information content (AvgIpc) is 2.34. The second kappa shape index (κ2) is 7.14. The zero-order chi connectivity index (χ0) is 11.8. The van der Waals surface area contributed by atoms with Crippen LogP contribution in [0.3, 0.4) is 0 Å². The van der Waals surface area contributed by atoms with Crippen LogP contribution in [0, 0.1) is 0 Å². The summed E-state index contributed by atoms with van der Waals surface area (Å²) in [6.07, 6.45) is 0.126. The first-order valence-electron chi connectivity index (χ1n) is 5.50. The quantitative estimate of drug-likeness (QED) is 0.525. The number of rotatable bonds is 7. The molecule has 1 aromatic rings. The van der Waals surface area contributed by atoms with Crippen LogP contribution < -0.4 is 0 Å². The molecule has 0 unspecified atom stereocenters. The van der Waals surface area contributed by atoms with Crippen LogP contribution >= 0.6 is 0 Å². The van der Waals surface area contributed by atoms with Crippen molar-refractivity contribution >= 4 is 5.78 Å². The first-order chi connectivity index (χ1) is 7.74. The van der Waals surface area contributed by atoms with E-state index in [1.165, 1.54) is 0 Å². The maximum Gasteiger partial charge on any atom is 0.161 e. The first-order valence-corrected chi connectivity index (χ1v) is 5.50. The minimum Gasteiger partial charge on any atom is -0.351 e. The van der Waals surface area contributed by atoms with Gasteiger partial charge in [-0.2, -0.15) is 0 Å². The van der Waals surface area contributed by atoms with Crippen molar-refractivity contribution in [3.8, 4) is 0 Å². The molecule has 0 aliphatic carbocycles. The molecule has 0 fully saturated rings. The Bertz CT molecular complexity index is 308. The maximum absolute atomic E-state index is 11.2. The second-order valence-corrected chi connectivity index (χ2v) is 3.58. The fourth-order valence-electron chi connectivity index (χ4n) is 1.26. The predicted octanol–water partition coefficient (Wildman–Crippen LogP) is 2.54. The summed E-state index contributed by atoms with van der Waals surface area (Å²) in [7, 11) is 0. The monoisotopic (exact) mass is 222 g/mol. The number of hydrogen-bond donors (Lipinski definition) is 0. The van der Waals surface area contributed by atoms with Gasteiger partial charge >= 0.3 is 0 Å². The molecular weight excluding hydrogens is 204 g/mol. The van der Waals surface area contributed by atoms with Gasteiger partial charge in [0.2, 0.25) is 0 Å². The van der Waals surface area contributed by atoms with Gasteiger partial charge in [0.15, 0.2) is 5.78 Å². The van der Waals surface area contributed by atoms with Gasteiger partial charge in [0.05, 0.1) is 6.61 Å². The Labute approximate surface area is 96.4 Å². The molecule has 1 rings (SSSR count). The molecular formula is C13H18O3. The van der Waals surface area contributed by atoms with E-state index in [2.05, 4.69) is 0 Å². The van der Waals surface area contributed by atoms with E-state index in [0.717, 1.165) is 5.56 Å². The minimum absolute atomic E-state index is 0.100. The number of ether oxygens (including phenoxy) is 2. The summed E-state index contributed by atoms with van der Waals surface area (Å²) in [6, 6.07) is 9.86. The summed E-state index contributed by atoms with van der Waals surface area (Å²) in [5.74, 6) is 0.100. The van der Waals surface area contributed by atoms with E-state index in [9.17, 15) is 4.79 Å². The smallest absolute Gasteiger partial charge is 0.161 e. The van der Waals surface area contributed by atoms with Gasteiger partial charge in [0, 0.05) is 6.42 Å². The fraction of sp³-hybridized carbons (Fsp3) is 0.462. The molecule has 3 heteroatoms. The van der Waals surface area contributed by atoms with Crippen LogP contribution in [0.25, 0.3) is 0 Å². The highest BCUT2D eigenvalue weighted by atomic mass is 16.7. The Hall–Kier alpha value is -1.19. The van der Waals surface area contributed by atoms with Crippen LogP contribution in [-0.4, -0.2) is 18.7 Å². The molecule has 16 heavy (non-hydrogen) atoms. The predicted molar refractivity (Wildman–Crippen MR) is 61.9 cm³/mol. The third kappa shape index (κ3) is 4.55. The van der Waals surface area contributed by atoms with Crippen molar-refractivity contribution in [3.05, 3.63) is 35.9 Å². The zero-order valence-electron chi connectivity index (χ0n) is 9.81. The van der Waals surface area contributed by atoms with Crippen LogP contribution in [0.5, 0.6) is 0 Å². The fourth-order valence-corrected chi connectivity index (χ4v) is 1.26. The van der Waals surface area contributed by atoms with Gasteiger partial charge in [-0.3, -0.25) is 4.79 Å². The third-order valence-electron chi connectivity index (χ3n) is 2.31. The third-order valence-corrected chi connectivity index (χ3v) is 2.31. The largest absolute Gasteiger partial charge is 0.351 e. The number of carbonyl (C=O) groups excluding carboxylic acids is 1. The van der Waals surface area contributed by atoms with Crippen LogP contribution in [0.15, 0.2) is 30.3 Å². The van der Waals surface area contributed by atoms with Gasteiger partial charge in [-0.05, 0) is 12.5 Å². The molecule has 0 amide bonds. The molecule has 0 aromatic heterocycles. The Kier molecular flexibility index (Phi) is 5.75. The van der Waals surface area contributed by atoms with Crippen molar-refractivity contribution in [1.82, 2.24) is 0 Å². The zero-order valence-corrected chi connectivity index (χ0v) is 9.81. The Morgan fingerprint density at radius 3 is 2.62 bits per heavy atom. The first kappa shape index (κ1) is 12.9. The second-order valence-electron chi connectivity index (χ2n) is 3.58. The van der Waals surface area contributed by atoms with E-state index >= 15 is 0 Å². The van der Waals surface area contributed by atoms with Crippen molar-refractivity contribution in [2.24, 2.45) is 0 Å². The number of ketones is 1. The van der Waals surface area contributed by atoms with Crippen LogP contribution in [0.1, 0.15) is 25.8 Å². The highest BCUT2D eigenvalue weighted by molar-refractivity contribution is 5.82. The lowest BCUT2D eigenvalue weighted by atomic mass is 10.2. The molecule has 0 radical (unpaired) electrons. The highest BCUT2D eigenvalue weighted by Gasteiger charge is 2.10. The number of benzene rings is 1. The summed E-state index contributed by atoms with van der Waals surface area (Å²) < 4.78 is 10.6. The van der Waals surface area contributed by atoms with Gasteiger partial charge in [0.25, 0.3) is 0 Å². The summed E-state index contributed by atoms with van der Waals surface area (Å²) >= 11 is 0. The van der Waals surface area contributed by atoms with Gasteiger partial charge in [-0.25, -0.2) is 0 Å². The van der Waals surface area contributed by atoms with E-state index in [1.54, 1.807) is 6.92 Å². The minimum atomic E-state index is -0.374. The molecule has 0 N–H and O–H groups in total. The molecule has 0 bridgehead atoms. The van der Waals surface area contributed by atoms with Crippen molar-refractivity contribution in [3.63, 3.8) is 0 Å². The van der Waals surface area contributed by atoms with Crippen LogP contribution in [0.4, 0.5) is 0 Å². The van der Waals surface area contributed by atoms with Gasteiger partial charge in [-0.1, -0.05) is 37.3 Å². The molecule has 1 aromatic carbocycles. The average molecular weight is 222 g/mol. The molecule has 1 atom stereocenters. The van der Waals surface area contributed by atoms with Crippen molar-refractivity contribution in [1.29, 1.82) is 0 Å². The van der Waals surface area contributed by atoms with E-state index in [4.69, 9.17) is 9.47 Å². The van der Waals surface area contributed by atoms with Gasteiger partial charge in [-0.15, -0.1) is 0 Å². The summed E-state index contributed by atoms with van der Waals surface area (Å²) in [5, 5.41) is 0. The lowest BCUT2D eigenvalue weighted by Gasteiger charge is -2.11. The van der Waals surface area contributed by atoms with Gasteiger partial charge < -0.3 is 9.47 Å². The highest BCUT2D eigenvalue weighted by Crippen LogP contribution is 2.02. The molecule has 0 saturated heterocycles. The van der Waals surface area contributed by atoms with E-state index in [1.807, 2.05) is 37.3 Å². The standard InChI is InChI=1S/C13H18O3/c1-3-13(14)11(2)16-10-15-9-12-7-5-4-6-8-12/h4-8,11H,3,9-10H2,1-2H3/t11-/m0/s1. The Morgan fingerprint density at radius 1 is 1.31 bits per heavy atom. The molecule has 3 nitrogen and oxygen atoms in total. The van der Waals surface area contributed by atoms with Crippen LogP contribution in [-0.2, 0) is 20.9 Å². The van der Waals surface area contributed by atoms with E-state index in [0.29, 0.717) is 13.0 Å². The molecule has 88 valence electrons. The Balaban J connectivity index is 2.15. The number of Topliss-reactive ketones (excluding diaryl/α,β-unsaturated/α-hetero) is 1. The molecule has 0 aliphatic rings. The molecule has 0 spiro atoms. The van der Waals surface area contributed by atoms with E-state index in [-0.39, 0.29) is 18.7 Å².